The van der Waals surface area contributed by atoms with Crippen molar-refractivity contribution in [3.8, 4) is 0 Å². The Kier molecular flexibility index (Phi) is 4.69. The van der Waals surface area contributed by atoms with Crippen molar-refractivity contribution in [2.45, 2.75) is 24.5 Å². The summed E-state index contributed by atoms with van der Waals surface area (Å²) >= 11 is 1.72. The monoisotopic (exact) mass is 272 g/mol. The van der Waals surface area contributed by atoms with Crippen LogP contribution < -0.4 is 5.46 Å². The van der Waals surface area contributed by atoms with E-state index < -0.39 is 7.12 Å². The van der Waals surface area contributed by atoms with Gasteiger partial charge in [-0.25, -0.2) is 0 Å². The Bertz CT molecular complexity index is 570. The zero-order valence-corrected chi connectivity index (χ0v) is 11.9. The van der Waals surface area contributed by atoms with E-state index in [2.05, 4.69) is 32.0 Å². The zero-order chi connectivity index (χ0) is 13.8. The Morgan fingerprint density at radius 1 is 1.05 bits per heavy atom. The lowest BCUT2D eigenvalue weighted by atomic mass is 9.77. The van der Waals surface area contributed by atoms with Gasteiger partial charge in [0.25, 0.3) is 0 Å². The van der Waals surface area contributed by atoms with E-state index in [1.54, 1.807) is 17.8 Å². The fraction of sp³-hybridized carbons (Fsp3) is 0.200. The number of hydrogen-bond acceptors (Lipinski definition) is 3. The summed E-state index contributed by atoms with van der Waals surface area (Å²) < 4.78 is 0. The van der Waals surface area contributed by atoms with Crippen LogP contribution in [0.2, 0.25) is 0 Å². The van der Waals surface area contributed by atoms with Crippen molar-refractivity contribution in [3.05, 3.63) is 59.2 Å². The molecule has 2 nitrogen and oxygen atoms in total. The Morgan fingerprint density at radius 2 is 1.79 bits per heavy atom. The van der Waals surface area contributed by atoms with Gasteiger partial charge in [-0.15, -0.1) is 11.8 Å². The highest BCUT2D eigenvalue weighted by atomic mass is 32.2. The van der Waals surface area contributed by atoms with Crippen LogP contribution in [-0.2, 0) is 5.75 Å². The van der Waals surface area contributed by atoms with Crippen LogP contribution in [0, 0.1) is 13.8 Å². The first-order valence-corrected chi connectivity index (χ1v) is 7.20. The number of benzene rings is 2. The lowest BCUT2D eigenvalue weighted by Crippen LogP contribution is -2.32. The number of aryl methyl sites for hydroxylation is 2. The van der Waals surface area contributed by atoms with Gasteiger partial charge in [-0.05, 0) is 36.5 Å². The highest BCUT2D eigenvalue weighted by Gasteiger charge is 2.15. The molecule has 0 bridgehead atoms. The maximum absolute atomic E-state index is 9.34. The summed E-state index contributed by atoms with van der Waals surface area (Å²) in [5.41, 5.74) is 4.06. The van der Waals surface area contributed by atoms with Gasteiger partial charge in [-0.2, -0.15) is 0 Å². The van der Waals surface area contributed by atoms with Gasteiger partial charge < -0.3 is 10.0 Å². The summed E-state index contributed by atoms with van der Waals surface area (Å²) in [4.78, 5) is 1.23. The molecule has 0 saturated heterocycles. The first-order chi connectivity index (χ1) is 9.08. The maximum atomic E-state index is 9.34. The molecule has 0 atom stereocenters. The third kappa shape index (κ3) is 3.63. The molecule has 2 aromatic carbocycles. The summed E-state index contributed by atoms with van der Waals surface area (Å²) in [6.45, 7) is 4.18. The Labute approximate surface area is 118 Å². The van der Waals surface area contributed by atoms with Gasteiger partial charge in [-0.3, -0.25) is 0 Å². The molecule has 4 heteroatoms. The van der Waals surface area contributed by atoms with Crippen molar-refractivity contribution in [1.82, 2.24) is 0 Å². The number of thioether (sulfide) groups is 1. The van der Waals surface area contributed by atoms with E-state index in [1.165, 1.54) is 16.0 Å². The second-order valence-electron chi connectivity index (χ2n) is 4.63. The van der Waals surface area contributed by atoms with E-state index >= 15 is 0 Å². The van der Waals surface area contributed by atoms with Gasteiger partial charge in [0.15, 0.2) is 0 Å². The SMILES string of the molecule is Cc1ccc(SCc2ccccc2B(O)O)c(C)c1. The molecule has 0 aromatic heterocycles. The van der Waals surface area contributed by atoms with E-state index in [1.807, 2.05) is 18.2 Å². The molecule has 0 amide bonds. The summed E-state index contributed by atoms with van der Waals surface area (Å²) in [6.07, 6.45) is 0. The summed E-state index contributed by atoms with van der Waals surface area (Å²) in [5, 5.41) is 18.7. The minimum atomic E-state index is -1.41. The molecule has 0 aliphatic carbocycles. The lowest BCUT2D eigenvalue weighted by Gasteiger charge is -2.10. The first kappa shape index (κ1) is 14.2. The van der Waals surface area contributed by atoms with E-state index in [9.17, 15) is 10.0 Å². The Morgan fingerprint density at radius 3 is 2.47 bits per heavy atom. The normalized spacial score (nSPS) is 10.5. The van der Waals surface area contributed by atoms with Crippen LogP contribution in [0.4, 0.5) is 0 Å². The molecule has 0 aliphatic heterocycles. The van der Waals surface area contributed by atoms with Crippen LogP contribution in [0.3, 0.4) is 0 Å². The molecular formula is C15H17BO2S. The molecular weight excluding hydrogens is 255 g/mol. The minimum absolute atomic E-state index is 0.583. The van der Waals surface area contributed by atoms with Crippen molar-refractivity contribution >= 4 is 24.3 Å². The van der Waals surface area contributed by atoms with Crippen LogP contribution >= 0.6 is 11.8 Å². The van der Waals surface area contributed by atoms with Crippen LogP contribution in [-0.4, -0.2) is 17.2 Å². The van der Waals surface area contributed by atoms with Crippen LogP contribution in [0.15, 0.2) is 47.4 Å². The molecule has 2 N–H and O–H groups in total. The van der Waals surface area contributed by atoms with Crippen molar-refractivity contribution in [2.75, 3.05) is 0 Å². The average molecular weight is 272 g/mol. The van der Waals surface area contributed by atoms with E-state index in [0.29, 0.717) is 5.46 Å². The fourth-order valence-corrected chi connectivity index (χ4v) is 3.06. The minimum Gasteiger partial charge on any atom is -0.423 e. The van der Waals surface area contributed by atoms with Gasteiger partial charge in [0.1, 0.15) is 0 Å². The molecule has 19 heavy (non-hydrogen) atoms. The molecule has 0 spiro atoms. The number of hydrogen-bond donors (Lipinski definition) is 2. The standard InChI is InChI=1S/C15H17BO2S/c1-11-7-8-15(12(2)9-11)19-10-13-5-3-4-6-14(13)16(17)18/h3-9,17-18H,10H2,1-2H3. The second-order valence-corrected chi connectivity index (χ2v) is 5.65. The van der Waals surface area contributed by atoms with Gasteiger partial charge in [0, 0.05) is 10.6 Å². The van der Waals surface area contributed by atoms with Crippen LogP contribution in [0.5, 0.6) is 0 Å². The summed E-state index contributed by atoms with van der Waals surface area (Å²) in [6, 6.07) is 13.8. The van der Waals surface area contributed by atoms with Crippen LogP contribution in [0.25, 0.3) is 0 Å². The molecule has 0 fully saturated rings. The third-order valence-electron chi connectivity index (χ3n) is 3.05. The summed E-state index contributed by atoms with van der Waals surface area (Å²) in [5.74, 6) is 0.734. The van der Waals surface area contributed by atoms with E-state index in [4.69, 9.17) is 0 Å². The lowest BCUT2D eigenvalue weighted by molar-refractivity contribution is 0.425. The van der Waals surface area contributed by atoms with Crippen LogP contribution in [0.1, 0.15) is 16.7 Å². The molecule has 98 valence electrons. The molecule has 0 heterocycles. The zero-order valence-electron chi connectivity index (χ0n) is 11.1. The van der Waals surface area contributed by atoms with Gasteiger partial charge in [0.05, 0.1) is 0 Å². The van der Waals surface area contributed by atoms with Gasteiger partial charge in [0.2, 0.25) is 0 Å². The van der Waals surface area contributed by atoms with Gasteiger partial charge >= 0.3 is 7.12 Å². The molecule has 0 aliphatic rings. The van der Waals surface area contributed by atoms with Crippen molar-refractivity contribution in [1.29, 1.82) is 0 Å². The number of rotatable bonds is 4. The molecule has 0 saturated carbocycles. The first-order valence-electron chi connectivity index (χ1n) is 6.22. The molecule has 2 aromatic rings. The van der Waals surface area contributed by atoms with Crippen molar-refractivity contribution in [2.24, 2.45) is 0 Å². The smallest absolute Gasteiger partial charge is 0.423 e. The summed E-state index contributed by atoms with van der Waals surface area (Å²) in [7, 11) is -1.41. The van der Waals surface area contributed by atoms with Gasteiger partial charge in [-0.1, -0.05) is 42.0 Å². The molecule has 0 radical (unpaired) electrons. The van der Waals surface area contributed by atoms with Crippen molar-refractivity contribution < 1.29 is 10.0 Å². The largest absolute Gasteiger partial charge is 0.488 e. The van der Waals surface area contributed by atoms with E-state index in [0.717, 1.165) is 11.3 Å². The fourth-order valence-electron chi connectivity index (χ4n) is 2.03. The van der Waals surface area contributed by atoms with E-state index in [-0.39, 0.29) is 0 Å². The Hall–Kier alpha value is -1.23. The quantitative estimate of drug-likeness (QED) is 0.662. The predicted octanol–water partition coefficient (Wildman–Crippen LogP) is 2.28. The van der Waals surface area contributed by atoms with Crippen molar-refractivity contribution in [3.63, 3.8) is 0 Å². The molecule has 0 unspecified atom stereocenters. The predicted molar refractivity (Wildman–Crippen MR) is 81.7 cm³/mol. The maximum Gasteiger partial charge on any atom is 0.488 e. The third-order valence-corrected chi connectivity index (χ3v) is 4.27. The second kappa shape index (κ2) is 6.28. The Balaban J connectivity index is 2.14. The highest BCUT2D eigenvalue weighted by molar-refractivity contribution is 7.98. The topological polar surface area (TPSA) is 40.5 Å². The average Bonchev–Trinajstić information content (AvgIpc) is 2.38. The highest BCUT2D eigenvalue weighted by Crippen LogP contribution is 2.26. The molecule has 2 rings (SSSR count).